The summed E-state index contributed by atoms with van der Waals surface area (Å²) in [5, 5.41) is 14.2. The molecule has 0 aliphatic carbocycles. The Morgan fingerprint density at radius 3 is 2.89 bits per heavy atom. The molecule has 1 heterocycles. The normalized spacial score (nSPS) is 14.4. The fraction of sp³-hybridized carbons (Fsp3) is 0.357. The zero-order valence-electron chi connectivity index (χ0n) is 10.8. The molecular weight excluding hydrogens is 226 g/mol. The van der Waals surface area contributed by atoms with Crippen LogP contribution in [-0.4, -0.2) is 22.2 Å². The number of nitrogens with zero attached hydrogens (tertiary/aromatic N) is 1. The second-order valence-electron chi connectivity index (χ2n) is 4.81. The standard InChI is InChI=1S/C14H19N3O/c1-3-14(2,18)9-17-12-7-8-16-13-10(12)5-4-6-11(13)15/h4-8,18H,3,9,15H2,1-2H3,(H,16,17). The SMILES string of the molecule is CCC(C)(O)CNc1ccnc2c(N)cccc12. The van der Waals surface area contributed by atoms with Crippen molar-refractivity contribution in [2.45, 2.75) is 25.9 Å². The highest BCUT2D eigenvalue weighted by Gasteiger charge is 2.17. The van der Waals surface area contributed by atoms with E-state index in [2.05, 4.69) is 10.3 Å². The third-order valence-electron chi connectivity index (χ3n) is 3.22. The number of aromatic nitrogens is 1. The average Bonchev–Trinajstić information content (AvgIpc) is 2.37. The molecule has 0 amide bonds. The number of pyridine rings is 1. The Morgan fingerprint density at radius 1 is 1.39 bits per heavy atom. The molecule has 18 heavy (non-hydrogen) atoms. The van der Waals surface area contributed by atoms with Gasteiger partial charge in [0.25, 0.3) is 0 Å². The molecule has 0 fully saturated rings. The van der Waals surface area contributed by atoms with Crippen molar-refractivity contribution in [2.75, 3.05) is 17.6 Å². The summed E-state index contributed by atoms with van der Waals surface area (Å²) in [6.45, 7) is 4.28. The van der Waals surface area contributed by atoms with Gasteiger partial charge in [-0.3, -0.25) is 4.98 Å². The molecule has 0 spiro atoms. The minimum Gasteiger partial charge on any atom is -0.397 e. The number of nitrogens with two attached hydrogens (primary N) is 1. The second kappa shape index (κ2) is 4.82. The first-order valence-electron chi connectivity index (χ1n) is 6.13. The van der Waals surface area contributed by atoms with Crippen LogP contribution in [0.25, 0.3) is 10.9 Å². The van der Waals surface area contributed by atoms with Crippen molar-refractivity contribution in [3.63, 3.8) is 0 Å². The quantitative estimate of drug-likeness (QED) is 0.723. The predicted octanol–water partition coefficient (Wildman–Crippen LogP) is 2.39. The molecule has 2 rings (SSSR count). The van der Waals surface area contributed by atoms with E-state index >= 15 is 0 Å². The maximum absolute atomic E-state index is 10.0. The molecule has 96 valence electrons. The van der Waals surface area contributed by atoms with Gasteiger partial charge in [0.15, 0.2) is 0 Å². The third-order valence-corrected chi connectivity index (χ3v) is 3.22. The van der Waals surface area contributed by atoms with Gasteiger partial charge >= 0.3 is 0 Å². The molecule has 0 aliphatic heterocycles. The van der Waals surface area contributed by atoms with Gasteiger partial charge < -0.3 is 16.2 Å². The van der Waals surface area contributed by atoms with Crippen molar-refractivity contribution >= 4 is 22.3 Å². The molecule has 4 heteroatoms. The first kappa shape index (κ1) is 12.6. The number of hydrogen-bond donors (Lipinski definition) is 3. The van der Waals surface area contributed by atoms with E-state index in [1.165, 1.54) is 0 Å². The van der Waals surface area contributed by atoms with E-state index in [-0.39, 0.29) is 0 Å². The largest absolute Gasteiger partial charge is 0.397 e. The van der Waals surface area contributed by atoms with Crippen LogP contribution in [-0.2, 0) is 0 Å². The van der Waals surface area contributed by atoms with E-state index in [0.717, 1.165) is 16.6 Å². The monoisotopic (exact) mass is 245 g/mol. The number of anilines is 2. The lowest BCUT2D eigenvalue weighted by molar-refractivity contribution is 0.0698. The van der Waals surface area contributed by atoms with Crippen LogP contribution in [0.1, 0.15) is 20.3 Å². The van der Waals surface area contributed by atoms with Crippen LogP contribution < -0.4 is 11.1 Å². The van der Waals surface area contributed by atoms with Crippen molar-refractivity contribution in [3.05, 3.63) is 30.5 Å². The molecular formula is C14H19N3O. The minimum atomic E-state index is -0.712. The summed E-state index contributed by atoms with van der Waals surface area (Å²) in [7, 11) is 0. The topological polar surface area (TPSA) is 71.2 Å². The Bertz CT molecular complexity index is 552. The van der Waals surface area contributed by atoms with Gasteiger partial charge in [-0.1, -0.05) is 19.1 Å². The average molecular weight is 245 g/mol. The molecule has 2 aromatic rings. The molecule has 0 radical (unpaired) electrons. The van der Waals surface area contributed by atoms with E-state index in [1.54, 1.807) is 6.20 Å². The van der Waals surface area contributed by atoms with Gasteiger partial charge in [0, 0.05) is 23.8 Å². The number of fused-ring (bicyclic) bond motifs is 1. The zero-order valence-corrected chi connectivity index (χ0v) is 10.8. The number of nitrogen functional groups attached to an aromatic ring is 1. The van der Waals surface area contributed by atoms with Crippen LogP contribution in [0.3, 0.4) is 0 Å². The maximum atomic E-state index is 10.0. The lowest BCUT2D eigenvalue weighted by Gasteiger charge is -2.22. The number of benzene rings is 1. The van der Waals surface area contributed by atoms with Gasteiger partial charge in [-0.15, -0.1) is 0 Å². The second-order valence-corrected chi connectivity index (χ2v) is 4.81. The molecule has 0 aliphatic rings. The van der Waals surface area contributed by atoms with E-state index in [1.807, 2.05) is 38.1 Å². The van der Waals surface area contributed by atoms with Gasteiger partial charge in [-0.2, -0.15) is 0 Å². The number of para-hydroxylation sites is 1. The van der Waals surface area contributed by atoms with E-state index in [9.17, 15) is 5.11 Å². The fourth-order valence-corrected chi connectivity index (χ4v) is 1.76. The molecule has 4 N–H and O–H groups in total. The Hall–Kier alpha value is -1.81. The summed E-state index contributed by atoms with van der Waals surface area (Å²) in [6, 6.07) is 7.61. The molecule has 1 unspecified atom stereocenters. The molecule has 1 aromatic carbocycles. The van der Waals surface area contributed by atoms with Crippen molar-refractivity contribution in [1.82, 2.24) is 4.98 Å². The summed E-state index contributed by atoms with van der Waals surface area (Å²) in [5.74, 6) is 0. The van der Waals surface area contributed by atoms with Crippen molar-refractivity contribution in [1.29, 1.82) is 0 Å². The zero-order chi connectivity index (χ0) is 13.2. The van der Waals surface area contributed by atoms with Gasteiger partial charge in [0.05, 0.1) is 16.8 Å². The number of rotatable bonds is 4. The summed E-state index contributed by atoms with van der Waals surface area (Å²) in [5.41, 5.74) is 7.58. The first-order valence-corrected chi connectivity index (χ1v) is 6.13. The number of hydrogen-bond acceptors (Lipinski definition) is 4. The van der Waals surface area contributed by atoms with Crippen molar-refractivity contribution in [3.8, 4) is 0 Å². The van der Waals surface area contributed by atoms with Crippen LogP contribution in [0.2, 0.25) is 0 Å². The Morgan fingerprint density at radius 2 is 2.17 bits per heavy atom. The van der Waals surface area contributed by atoms with Gasteiger partial charge in [0.1, 0.15) is 0 Å². The third kappa shape index (κ3) is 2.54. The smallest absolute Gasteiger partial charge is 0.0951 e. The highest BCUT2D eigenvalue weighted by molar-refractivity contribution is 5.97. The van der Waals surface area contributed by atoms with Gasteiger partial charge in [0.2, 0.25) is 0 Å². The summed E-state index contributed by atoms with van der Waals surface area (Å²) in [4.78, 5) is 4.28. The summed E-state index contributed by atoms with van der Waals surface area (Å²) >= 11 is 0. The van der Waals surface area contributed by atoms with Crippen LogP contribution in [0.4, 0.5) is 11.4 Å². The van der Waals surface area contributed by atoms with E-state index < -0.39 is 5.60 Å². The van der Waals surface area contributed by atoms with Crippen LogP contribution >= 0.6 is 0 Å². The minimum absolute atomic E-state index is 0.497. The Labute approximate surface area is 107 Å². The molecule has 4 nitrogen and oxygen atoms in total. The molecule has 1 atom stereocenters. The highest BCUT2D eigenvalue weighted by Crippen LogP contribution is 2.25. The molecule has 1 aromatic heterocycles. The van der Waals surface area contributed by atoms with E-state index in [0.29, 0.717) is 18.7 Å². The molecule has 0 saturated heterocycles. The first-order chi connectivity index (χ1) is 8.53. The van der Waals surface area contributed by atoms with Gasteiger partial charge in [-0.05, 0) is 25.5 Å². The summed E-state index contributed by atoms with van der Waals surface area (Å²) in [6.07, 6.45) is 2.42. The van der Waals surface area contributed by atoms with Crippen molar-refractivity contribution in [2.24, 2.45) is 0 Å². The number of aliphatic hydroxyl groups is 1. The highest BCUT2D eigenvalue weighted by atomic mass is 16.3. The lowest BCUT2D eigenvalue weighted by Crippen LogP contribution is -2.32. The van der Waals surface area contributed by atoms with Crippen LogP contribution in [0.5, 0.6) is 0 Å². The van der Waals surface area contributed by atoms with E-state index in [4.69, 9.17) is 5.73 Å². The molecule has 0 bridgehead atoms. The fourth-order valence-electron chi connectivity index (χ4n) is 1.76. The Kier molecular flexibility index (Phi) is 3.39. The van der Waals surface area contributed by atoms with Crippen LogP contribution in [0, 0.1) is 0 Å². The lowest BCUT2D eigenvalue weighted by atomic mass is 10.0. The van der Waals surface area contributed by atoms with Crippen molar-refractivity contribution < 1.29 is 5.11 Å². The summed E-state index contributed by atoms with van der Waals surface area (Å²) < 4.78 is 0. The maximum Gasteiger partial charge on any atom is 0.0951 e. The molecule has 0 saturated carbocycles. The number of nitrogens with one attached hydrogen (secondary N) is 1. The van der Waals surface area contributed by atoms with Gasteiger partial charge in [-0.25, -0.2) is 0 Å². The van der Waals surface area contributed by atoms with Crippen LogP contribution in [0.15, 0.2) is 30.5 Å². The predicted molar refractivity (Wildman–Crippen MR) is 75.6 cm³/mol. The Balaban J connectivity index is 2.32.